The van der Waals surface area contributed by atoms with Crippen molar-refractivity contribution in [3.63, 3.8) is 0 Å². The van der Waals surface area contributed by atoms with E-state index < -0.39 is 52.8 Å². The van der Waals surface area contributed by atoms with Gasteiger partial charge in [-0.3, -0.25) is 39.0 Å². The zero-order valence-electron chi connectivity index (χ0n) is 29.9. The minimum Gasteiger partial charge on any atom is -0.429 e. The third-order valence-electron chi connectivity index (χ3n) is 8.04. The van der Waals surface area contributed by atoms with E-state index in [1.165, 1.54) is 24.3 Å². The molecule has 6 N–H and O–H groups in total. The Balaban J connectivity index is 1.52. The number of nitro benzene ring substituents is 1. The summed E-state index contributed by atoms with van der Waals surface area (Å²) >= 11 is 6.17. The van der Waals surface area contributed by atoms with Crippen molar-refractivity contribution in [1.82, 2.24) is 20.9 Å². The van der Waals surface area contributed by atoms with Crippen molar-refractivity contribution >= 4 is 85.0 Å². The number of urea groups is 1. The lowest BCUT2D eigenvalue weighted by Crippen LogP contribution is -2.54. The molecule has 18 nitrogen and oxygen atoms in total. The molecule has 0 spiro atoms. The van der Waals surface area contributed by atoms with Crippen LogP contribution in [0.3, 0.4) is 0 Å². The molecule has 0 saturated heterocycles. The second-order valence-electron chi connectivity index (χ2n) is 12.6. The Bertz CT molecular complexity index is 1760. The van der Waals surface area contributed by atoms with Gasteiger partial charge in [-0.15, -0.1) is 0 Å². The summed E-state index contributed by atoms with van der Waals surface area (Å²) in [6.45, 7) is 3.65. The lowest BCUT2D eigenvalue weighted by Gasteiger charge is -2.25. The summed E-state index contributed by atoms with van der Waals surface area (Å²) in [6, 6.07) is 8.38. The second-order valence-corrected chi connectivity index (χ2v) is 14.1. The number of rotatable bonds is 20. The minimum absolute atomic E-state index is 0.0586. The quantitative estimate of drug-likeness (QED) is 0.0313. The van der Waals surface area contributed by atoms with E-state index in [1.54, 1.807) is 38.1 Å². The van der Waals surface area contributed by atoms with E-state index in [1.807, 2.05) is 0 Å². The smallest absolute Gasteiger partial charge is 0.429 e. The molecule has 2 atom stereocenters. The number of unbranched alkanes of at least 4 members (excludes halogenated alkanes) is 2. The van der Waals surface area contributed by atoms with Crippen LogP contribution in [0.4, 0.5) is 21.0 Å². The Hall–Kier alpha value is -5.37. The number of non-ortho nitro benzene ring substituents is 1. The molecule has 0 aromatic heterocycles. The average molecular weight is 896 g/mol. The van der Waals surface area contributed by atoms with Gasteiger partial charge < -0.3 is 36.5 Å². The highest BCUT2D eigenvalue weighted by atomic mass is 79.9. The van der Waals surface area contributed by atoms with Crippen molar-refractivity contribution in [3.8, 4) is 5.75 Å². The molecule has 55 heavy (non-hydrogen) atoms. The molecule has 7 amide bonds. The number of ether oxygens (including phenoxy) is 2. The number of benzene rings is 2. The maximum atomic E-state index is 13.4. The SMILES string of the molecule is CC(C)[C@H](NC(=O)CCCCCN1C(=O)C(Br)=C(Br)C1=O)C(=O)N[C@@H](CCCNC(N)=O)C(=O)Nc1ccc(COC(=O)Oc2ccc([N+](=O)[O-])cc2)cc1. The maximum Gasteiger partial charge on any atom is 0.514 e. The number of nitrogens with two attached hydrogens (primary N) is 1. The normalized spacial score (nSPS) is 13.6. The van der Waals surface area contributed by atoms with Crippen LogP contribution in [0.5, 0.6) is 5.75 Å². The van der Waals surface area contributed by atoms with E-state index in [2.05, 4.69) is 53.1 Å². The maximum absolute atomic E-state index is 13.4. The van der Waals surface area contributed by atoms with Crippen LogP contribution in [0, 0.1) is 16.0 Å². The van der Waals surface area contributed by atoms with Crippen LogP contribution in [-0.4, -0.2) is 76.7 Å². The molecular formula is C35H41Br2N7O11. The molecule has 2 aromatic carbocycles. The number of imide groups is 1. The number of hydrogen-bond donors (Lipinski definition) is 5. The van der Waals surface area contributed by atoms with Crippen molar-refractivity contribution in [1.29, 1.82) is 0 Å². The van der Waals surface area contributed by atoms with Gasteiger partial charge in [0, 0.05) is 37.3 Å². The number of halogens is 2. The van der Waals surface area contributed by atoms with E-state index in [9.17, 15) is 43.7 Å². The molecule has 0 unspecified atom stereocenters. The van der Waals surface area contributed by atoms with Gasteiger partial charge >= 0.3 is 12.2 Å². The van der Waals surface area contributed by atoms with Gasteiger partial charge in [-0.05, 0) is 93.3 Å². The molecule has 0 bridgehead atoms. The van der Waals surface area contributed by atoms with Crippen LogP contribution in [0.15, 0.2) is 57.5 Å². The van der Waals surface area contributed by atoms with Crippen molar-refractivity contribution < 1.29 is 48.0 Å². The molecule has 1 aliphatic heterocycles. The van der Waals surface area contributed by atoms with Crippen LogP contribution < -0.4 is 31.7 Å². The van der Waals surface area contributed by atoms with Gasteiger partial charge in [0.2, 0.25) is 17.7 Å². The first-order valence-electron chi connectivity index (χ1n) is 17.1. The Morgan fingerprint density at radius 2 is 1.51 bits per heavy atom. The minimum atomic E-state index is -1.07. The van der Waals surface area contributed by atoms with Gasteiger partial charge in [0.15, 0.2) is 0 Å². The summed E-state index contributed by atoms with van der Waals surface area (Å²) in [7, 11) is 0. The standard InChI is InChI=1S/C35H41Br2N7O11/c1-20(2)29(42-26(45)8-4-3-5-18-43-32(48)27(36)28(37)33(43)49)31(47)41-25(7-6-17-39-34(38)50)30(46)40-22-11-9-21(10-12-22)19-54-35(51)55-24-15-13-23(14-16-24)44(52)53/h9-16,20,25,29H,3-8,17-19H2,1-2H3,(H,40,46)(H,41,47)(H,42,45)(H3,38,39,50)/t25-,29-/m0/s1. The average Bonchev–Trinajstić information content (AvgIpc) is 3.32. The Kier molecular flexibility index (Phi) is 17.2. The fourth-order valence-corrected chi connectivity index (χ4v) is 5.87. The summed E-state index contributed by atoms with van der Waals surface area (Å²) < 4.78 is 10.4. The summed E-state index contributed by atoms with van der Waals surface area (Å²) in [6.07, 6.45) is 0.934. The zero-order valence-corrected chi connectivity index (χ0v) is 33.1. The molecule has 0 saturated carbocycles. The number of carbonyl (C=O) groups excluding carboxylic acids is 7. The van der Waals surface area contributed by atoms with E-state index in [-0.39, 0.29) is 71.2 Å². The lowest BCUT2D eigenvalue weighted by molar-refractivity contribution is -0.384. The Morgan fingerprint density at radius 3 is 2.09 bits per heavy atom. The molecule has 0 aliphatic carbocycles. The predicted octanol–water partition coefficient (Wildman–Crippen LogP) is 4.25. The largest absolute Gasteiger partial charge is 0.514 e. The molecule has 3 rings (SSSR count). The van der Waals surface area contributed by atoms with Crippen LogP contribution in [0.1, 0.15) is 57.9 Å². The second kappa shape index (κ2) is 21.5. The fraction of sp³-hybridized carbons (Fsp3) is 0.400. The van der Waals surface area contributed by atoms with Gasteiger partial charge in [-0.2, -0.15) is 0 Å². The molecule has 0 fully saturated rings. The van der Waals surface area contributed by atoms with Crippen molar-refractivity contribution in [2.75, 3.05) is 18.4 Å². The third-order valence-corrected chi connectivity index (χ3v) is 10.0. The monoisotopic (exact) mass is 893 g/mol. The lowest BCUT2D eigenvalue weighted by atomic mass is 10.0. The first-order valence-corrected chi connectivity index (χ1v) is 18.7. The molecule has 1 heterocycles. The highest BCUT2D eigenvalue weighted by Gasteiger charge is 2.35. The first-order chi connectivity index (χ1) is 26.1. The topological polar surface area (TPSA) is 258 Å². The number of nitrogens with one attached hydrogen (secondary N) is 4. The summed E-state index contributed by atoms with van der Waals surface area (Å²) in [4.78, 5) is 98.5. The Morgan fingerprint density at radius 1 is 0.873 bits per heavy atom. The van der Waals surface area contributed by atoms with E-state index in [4.69, 9.17) is 15.2 Å². The van der Waals surface area contributed by atoms with Crippen LogP contribution in [-0.2, 0) is 35.3 Å². The van der Waals surface area contributed by atoms with E-state index in [0.29, 0.717) is 30.5 Å². The van der Waals surface area contributed by atoms with Crippen molar-refractivity contribution in [3.05, 3.63) is 73.2 Å². The van der Waals surface area contributed by atoms with Gasteiger partial charge in [-0.25, -0.2) is 9.59 Å². The Labute approximate surface area is 332 Å². The fourth-order valence-electron chi connectivity index (χ4n) is 5.10. The molecular weight excluding hydrogens is 854 g/mol. The van der Waals surface area contributed by atoms with Crippen molar-refractivity contribution in [2.45, 2.75) is 71.1 Å². The van der Waals surface area contributed by atoms with Gasteiger partial charge in [-0.1, -0.05) is 32.4 Å². The van der Waals surface area contributed by atoms with Crippen LogP contribution in [0.25, 0.3) is 0 Å². The number of nitrogens with zero attached hydrogens (tertiary/aromatic N) is 2. The molecule has 1 aliphatic rings. The summed E-state index contributed by atoms with van der Waals surface area (Å²) in [5.74, 6) is -2.69. The van der Waals surface area contributed by atoms with Gasteiger partial charge in [0.1, 0.15) is 33.4 Å². The molecule has 2 aromatic rings. The molecule has 20 heteroatoms. The predicted molar refractivity (Wildman–Crippen MR) is 205 cm³/mol. The van der Waals surface area contributed by atoms with Gasteiger partial charge in [0.25, 0.3) is 17.5 Å². The van der Waals surface area contributed by atoms with E-state index >= 15 is 0 Å². The van der Waals surface area contributed by atoms with Crippen molar-refractivity contribution in [2.24, 2.45) is 11.7 Å². The van der Waals surface area contributed by atoms with Crippen LogP contribution in [0.2, 0.25) is 0 Å². The highest BCUT2D eigenvalue weighted by molar-refractivity contribution is 9.14. The molecule has 0 radical (unpaired) electrons. The number of nitro groups is 1. The molecule has 296 valence electrons. The van der Waals surface area contributed by atoms with Crippen LogP contribution >= 0.6 is 31.9 Å². The number of primary amides is 1. The summed E-state index contributed by atoms with van der Waals surface area (Å²) in [5, 5.41) is 21.4. The third kappa shape index (κ3) is 14.1. The summed E-state index contributed by atoms with van der Waals surface area (Å²) in [5.41, 5.74) is 5.89. The number of hydrogen-bond acceptors (Lipinski definition) is 11. The van der Waals surface area contributed by atoms with E-state index in [0.717, 1.165) is 4.90 Å². The number of anilines is 1. The highest BCUT2D eigenvalue weighted by Crippen LogP contribution is 2.29. The van der Waals surface area contributed by atoms with Gasteiger partial charge in [0.05, 0.1) is 4.92 Å². The number of amides is 7. The number of carbonyl (C=O) groups is 7. The zero-order chi connectivity index (χ0) is 40.7. The first kappa shape index (κ1) is 44.0.